The van der Waals surface area contributed by atoms with Crippen LogP contribution in [-0.2, 0) is 0 Å². The molecule has 1 saturated carbocycles. The summed E-state index contributed by atoms with van der Waals surface area (Å²) in [5.74, 6) is 0.304. The number of hydrogen-bond acceptors (Lipinski definition) is 2. The molecule has 1 N–H and O–H groups in total. The van der Waals surface area contributed by atoms with E-state index in [1.165, 1.54) is 4.90 Å². The molecule has 0 amide bonds. The molecular weight excluding hydrogens is 150 g/mol. The third-order valence-electron chi connectivity index (χ3n) is 2.41. The first kappa shape index (κ1) is 6.39. The molecule has 0 unspecified atom stereocenters. The monoisotopic (exact) mass is 174 g/mol. The lowest BCUT2D eigenvalue weighted by Crippen LogP contribution is -2.39. The summed E-state index contributed by atoms with van der Waals surface area (Å²) in [5.41, 5.74) is 0. The van der Waals surface area contributed by atoms with Gasteiger partial charge in [0.15, 0.2) is 0 Å². The molecule has 0 aromatic rings. The average Bonchev–Trinajstić information content (AvgIpc) is 2.45. The fourth-order valence-electron chi connectivity index (χ4n) is 1.81. The van der Waals surface area contributed by atoms with Crippen LogP contribution in [0.3, 0.4) is 0 Å². The second-order valence-electron chi connectivity index (χ2n) is 4.11. The number of hydrogen-bond donors (Lipinski definition) is 1. The maximum Gasteiger partial charge on any atom is 0.0695 e. The number of rotatable bonds is 3. The Balaban J connectivity index is 2.71. The van der Waals surface area contributed by atoms with Gasteiger partial charge in [-0.3, -0.25) is 0 Å². The summed E-state index contributed by atoms with van der Waals surface area (Å²) >= 11 is 0. The molecule has 0 aromatic heterocycles. The minimum Gasteiger partial charge on any atom is -0.391 e. The first-order valence-electron chi connectivity index (χ1n) is 6.27. The highest BCUT2D eigenvalue weighted by Gasteiger charge is 2.28. The van der Waals surface area contributed by atoms with Crippen molar-refractivity contribution in [2.75, 3.05) is 13.5 Å². The first-order chi connectivity index (χ1) is 6.82. The van der Waals surface area contributed by atoms with Crippen molar-refractivity contribution in [3.05, 3.63) is 0 Å². The molecule has 0 heterocycles. The van der Waals surface area contributed by atoms with Crippen LogP contribution in [0.5, 0.6) is 0 Å². The van der Waals surface area contributed by atoms with Gasteiger partial charge in [0.2, 0.25) is 0 Å². The molecule has 72 valence electrons. The van der Waals surface area contributed by atoms with Gasteiger partial charge in [0, 0.05) is 16.7 Å². The van der Waals surface area contributed by atoms with E-state index in [-0.39, 0.29) is 6.04 Å². The zero-order valence-electron chi connectivity index (χ0n) is 11.0. The molecule has 0 spiro atoms. The van der Waals surface area contributed by atoms with Crippen molar-refractivity contribution in [3.63, 3.8) is 0 Å². The largest absolute Gasteiger partial charge is 0.391 e. The molecule has 1 rings (SSSR count). The van der Waals surface area contributed by atoms with Crippen LogP contribution in [0.15, 0.2) is 0 Å². The van der Waals surface area contributed by atoms with Crippen molar-refractivity contribution in [1.29, 1.82) is 0 Å². The normalized spacial score (nSPS) is 35.2. The lowest BCUT2D eigenvalue weighted by atomic mass is 10.1. The van der Waals surface area contributed by atoms with Crippen LogP contribution in [0, 0.1) is 5.92 Å². The summed E-state index contributed by atoms with van der Waals surface area (Å²) in [6.45, 7) is 2.44. The van der Waals surface area contributed by atoms with Crippen LogP contribution in [0.1, 0.15) is 37.2 Å². The molecule has 0 aromatic carbocycles. The van der Waals surface area contributed by atoms with Crippen LogP contribution < -0.4 is 0 Å². The average molecular weight is 174 g/mol. The Morgan fingerprint density at radius 2 is 2.33 bits per heavy atom. The molecular formula is C10H21NO. The highest BCUT2D eigenvalue weighted by molar-refractivity contribution is 4.83. The van der Waals surface area contributed by atoms with E-state index in [9.17, 15) is 5.11 Å². The van der Waals surface area contributed by atoms with Gasteiger partial charge in [-0.1, -0.05) is 13.8 Å². The van der Waals surface area contributed by atoms with Crippen LogP contribution in [0.25, 0.3) is 0 Å². The quantitative estimate of drug-likeness (QED) is 0.700. The van der Waals surface area contributed by atoms with Crippen LogP contribution in [0.4, 0.5) is 0 Å². The summed E-state index contributed by atoms with van der Waals surface area (Å²) in [7, 11) is 0. The molecule has 0 aliphatic heterocycles. The standard InChI is InChI=1S/C10H21NO/c1-8(2)7-11(3)9-5-4-6-10(9)12/h8-10,12H,4-7H2,1-3H3/t9-,10+/m1/s1/i3D3. The van der Waals surface area contributed by atoms with Gasteiger partial charge in [0.1, 0.15) is 0 Å². The van der Waals surface area contributed by atoms with Crippen LogP contribution >= 0.6 is 0 Å². The van der Waals surface area contributed by atoms with Crippen LogP contribution in [-0.4, -0.2) is 35.7 Å². The Bertz CT molecular complexity index is 205. The minimum absolute atomic E-state index is 0.181. The van der Waals surface area contributed by atoms with Gasteiger partial charge in [-0.25, -0.2) is 0 Å². The van der Waals surface area contributed by atoms with E-state index in [4.69, 9.17) is 4.11 Å². The van der Waals surface area contributed by atoms with E-state index in [2.05, 4.69) is 0 Å². The Morgan fingerprint density at radius 3 is 2.75 bits per heavy atom. The molecule has 1 fully saturated rings. The van der Waals surface area contributed by atoms with Crippen molar-refractivity contribution in [3.8, 4) is 0 Å². The smallest absolute Gasteiger partial charge is 0.0695 e. The van der Waals surface area contributed by atoms with E-state index < -0.39 is 13.1 Å². The maximum absolute atomic E-state index is 9.74. The lowest BCUT2D eigenvalue weighted by Gasteiger charge is -2.28. The second kappa shape index (κ2) is 4.24. The molecule has 0 bridgehead atoms. The molecule has 2 atom stereocenters. The van der Waals surface area contributed by atoms with Gasteiger partial charge in [-0.2, -0.15) is 0 Å². The summed E-state index contributed by atoms with van der Waals surface area (Å²) in [6.07, 6.45) is 1.99. The number of aliphatic hydroxyl groups is 1. The summed E-state index contributed by atoms with van der Waals surface area (Å²) < 4.78 is 22.5. The van der Waals surface area contributed by atoms with Gasteiger partial charge in [-0.15, -0.1) is 0 Å². The molecule has 2 nitrogen and oxygen atoms in total. The summed E-state index contributed by atoms with van der Waals surface area (Å²) in [4.78, 5) is 1.50. The highest BCUT2D eigenvalue weighted by atomic mass is 16.3. The van der Waals surface area contributed by atoms with Crippen LogP contribution in [0.2, 0.25) is 0 Å². The molecule has 1 aliphatic carbocycles. The van der Waals surface area contributed by atoms with Crippen molar-refractivity contribution in [2.24, 2.45) is 5.92 Å². The summed E-state index contributed by atoms with van der Waals surface area (Å²) in [5, 5.41) is 9.74. The highest BCUT2D eigenvalue weighted by Crippen LogP contribution is 2.23. The van der Waals surface area contributed by atoms with E-state index in [1.54, 1.807) is 0 Å². The van der Waals surface area contributed by atoms with Gasteiger partial charge in [0.25, 0.3) is 0 Å². The zero-order chi connectivity index (χ0) is 11.6. The third-order valence-corrected chi connectivity index (χ3v) is 2.41. The van der Waals surface area contributed by atoms with Crippen molar-refractivity contribution >= 4 is 0 Å². The van der Waals surface area contributed by atoms with E-state index in [0.717, 1.165) is 19.3 Å². The fourth-order valence-corrected chi connectivity index (χ4v) is 1.81. The third kappa shape index (κ3) is 2.46. The van der Waals surface area contributed by atoms with Crippen molar-refractivity contribution in [1.82, 2.24) is 4.90 Å². The van der Waals surface area contributed by atoms with Crippen molar-refractivity contribution in [2.45, 2.75) is 45.3 Å². The predicted molar refractivity (Wildman–Crippen MR) is 51.1 cm³/mol. The Hall–Kier alpha value is -0.0800. The number of aliphatic hydroxyl groups excluding tert-OH is 1. The van der Waals surface area contributed by atoms with Gasteiger partial charge in [0.05, 0.1) is 6.10 Å². The van der Waals surface area contributed by atoms with E-state index >= 15 is 0 Å². The van der Waals surface area contributed by atoms with E-state index in [1.807, 2.05) is 13.8 Å². The molecule has 2 heteroatoms. The molecule has 0 saturated heterocycles. The van der Waals surface area contributed by atoms with Crippen molar-refractivity contribution < 1.29 is 9.22 Å². The number of likely N-dealkylation sites (N-methyl/N-ethyl adjacent to an activating group) is 1. The first-order valence-corrected chi connectivity index (χ1v) is 4.77. The predicted octanol–water partition coefficient (Wildman–Crippen LogP) is 1.49. The second-order valence-corrected chi connectivity index (χ2v) is 4.11. The van der Waals surface area contributed by atoms with E-state index in [0.29, 0.717) is 12.5 Å². The maximum atomic E-state index is 9.74. The van der Waals surface area contributed by atoms with Gasteiger partial charge < -0.3 is 10.0 Å². The van der Waals surface area contributed by atoms with Gasteiger partial charge >= 0.3 is 0 Å². The minimum atomic E-state index is -2.08. The Kier molecular flexibility index (Phi) is 2.26. The lowest BCUT2D eigenvalue weighted by molar-refractivity contribution is 0.0801. The topological polar surface area (TPSA) is 23.5 Å². The zero-order valence-corrected chi connectivity index (χ0v) is 7.95. The van der Waals surface area contributed by atoms with Gasteiger partial charge in [-0.05, 0) is 32.2 Å². The summed E-state index contributed by atoms with van der Waals surface area (Å²) in [6, 6.07) is -0.181. The Morgan fingerprint density at radius 1 is 1.58 bits per heavy atom. The number of nitrogens with zero attached hydrogens (tertiary/aromatic N) is 1. The molecule has 12 heavy (non-hydrogen) atoms. The molecule has 0 radical (unpaired) electrons. The SMILES string of the molecule is [2H]C([2H])([2H])N(CC(C)C)[C@@H]1CCC[C@@H]1O. The molecule has 1 aliphatic rings. The Labute approximate surface area is 79.8 Å². The fraction of sp³-hybridized carbons (Fsp3) is 1.00.